The summed E-state index contributed by atoms with van der Waals surface area (Å²) in [7, 11) is 0. The van der Waals surface area contributed by atoms with Crippen LogP contribution in [0.5, 0.6) is 0 Å². The van der Waals surface area contributed by atoms with Crippen LogP contribution < -0.4 is 5.32 Å². The van der Waals surface area contributed by atoms with E-state index in [1.165, 1.54) is 6.07 Å². The summed E-state index contributed by atoms with van der Waals surface area (Å²) in [4.78, 5) is 4.07. The first-order chi connectivity index (χ1) is 8.88. The van der Waals surface area contributed by atoms with Gasteiger partial charge in [-0.2, -0.15) is 13.2 Å². The van der Waals surface area contributed by atoms with Gasteiger partial charge in [0.15, 0.2) is 0 Å². The molecule has 6 heteroatoms. The molecule has 0 aliphatic heterocycles. The average Bonchev–Trinajstić information content (AvgIpc) is 2.33. The monoisotopic (exact) mass is 330 g/mol. The van der Waals surface area contributed by atoms with Crippen LogP contribution in [-0.4, -0.2) is 4.98 Å². The van der Waals surface area contributed by atoms with Crippen LogP contribution in [0.25, 0.3) is 0 Å². The van der Waals surface area contributed by atoms with Gasteiger partial charge in [0.1, 0.15) is 5.82 Å². The van der Waals surface area contributed by atoms with Crippen molar-refractivity contribution in [3.05, 3.63) is 52.1 Å². The minimum atomic E-state index is -4.36. The van der Waals surface area contributed by atoms with Crippen molar-refractivity contribution in [2.75, 3.05) is 5.32 Å². The molecule has 0 saturated heterocycles. The molecular weight excluding hydrogens is 321 g/mol. The number of hydrogen-bond acceptors (Lipinski definition) is 2. The van der Waals surface area contributed by atoms with Crippen molar-refractivity contribution in [2.24, 2.45) is 0 Å². The van der Waals surface area contributed by atoms with E-state index in [2.05, 4.69) is 26.2 Å². The summed E-state index contributed by atoms with van der Waals surface area (Å²) in [6.45, 7) is 1.74. The molecule has 19 heavy (non-hydrogen) atoms. The topological polar surface area (TPSA) is 24.9 Å². The number of aryl methyl sites for hydroxylation is 1. The first kappa shape index (κ1) is 13.9. The van der Waals surface area contributed by atoms with Gasteiger partial charge in [-0.05, 0) is 52.7 Å². The second-order valence-electron chi connectivity index (χ2n) is 3.99. The number of hydrogen-bond donors (Lipinski definition) is 1. The first-order valence-electron chi connectivity index (χ1n) is 5.43. The summed E-state index contributed by atoms with van der Waals surface area (Å²) < 4.78 is 38.7. The highest BCUT2D eigenvalue weighted by Gasteiger charge is 2.30. The fourth-order valence-electron chi connectivity index (χ4n) is 1.54. The lowest BCUT2D eigenvalue weighted by Gasteiger charge is -2.13. The number of nitrogens with zero attached hydrogens (tertiary/aromatic N) is 1. The Bertz CT molecular complexity index is 597. The summed E-state index contributed by atoms with van der Waals surface area (Å²) in [5, 5.41) is 2.89. The largest absolute Gasteiger partial charge is 0.416 e. The summed E-state index contributed by atoms with van der Waals surface area (Å²) in [6, 6.07) is 7.07. The standard InChI is InChI=1S/C13H10BrF3N2/c1-8-4-5-9(13(15,16)17)7-11(8)19-12-10(14)3-2-6-18-12/h2-7H,1H3,(H,18,19). The van der Waals surface area contributed by atoms with Gasteiger partial charge in [0.2, 0.25) is 0 Å². The predicted molar refractivity (Wildman–Crippen MR) is 71.4 cm³/mol. The molecule has 1 N–H and O–H groups in total. The summed E-state index contributed by atoms with van der Waals surface area (Å²) in [6.07, 6.45) is -2.79. The van der Waals surface area contributed by atoms with Gasteiger partial charge in [-0.15, -0.1) is 0 Å². The van der Waals surface area contributed by atoms with Gasteiger partial charge in [-0.25, -0.2) is 4.98 Å². The Balaban J connectivity index is 2.38. The Morgan fingerprint density at radius 1 is 1.21 bits per heavy atom. The molecule has 1 heterocycles. The molecule has 0 aliphatic carbocycles. The highest BCUT2D eigenvalue weighted by Crippen LogP contribution is 2.33. The molecule has 1 aromatic heterocycles. The van der Waals surface area contributed by atoms with E-state index in [9.17, 15) is 13.2 Å². The van der Waals surface area contributed by atoms with Gasteiger partial charge in [0, 0.05) is 11.9 Å². The molecule has 0 aliphatic rings. The zero-order valence-corrected chi connectivity index (χ0v) is 11.5. The lowest BCUT2D eigenvalue weighted by atomic mass is 10.1. The van der Waals surface area contributed by atoms with E-state index in [0.717, 1.165) is 12.1 Å². The SMILES string of the molecule is Cc1ccc(C(F)(F)F)cc1Nc1ncccc1Br. The molecule has 0 radical (unpaired) electrons. The van der Waals surface area contributed by atoms with Crippen LogP contribution in [0.2, 0.25) is 0 Å². The van der Waals surface area contributed by atoms with Crippen LogP contribution in [0, 0.1) is 6.92 Å². The van der Waals surface area contributed by atoms with E-state index < -0.39 is 11.7 Å². The second kappa shape index (κ2) is 5.21. The molecular formula is C13H10BrF3N2. The van der Waals surface area contributed by atoms with Gasteiger partial charge in [-0.1, -0.05) is 6.07 Å². The van der Waals surface area contributed by atoms with E-state index in [1.54, 1.807) is 25.3 Å². The highest BCUT2D eigenvalue weighted by atomic mass is 79.9. The van der Waals surface area contributed by atoms with Gasteiger partial charge in [-0.3, -0.25) is 0 Å². The van der Waals surface area contributed by atoms with Crippen molar-refractivity contribution in [1.82, 2.24) is 4.98 Å². The van der Waals surface area contributed by atoms with E-state index in [4.69, 9.17) is 0 Å². The predicted octanol–water partition coefficient (Wildman–Crippen LogP) is 4.91. The Hall–Kier alpha value is -1.56. The Kier molecular flexibility index (Phi) is 3.80. The number of halogens is 4. The summed E-state index contributed by atoms with van der Waals surface area (Å²) >= 11 is 3.29. The number of rotatable bonds is 2. The smallest absolute Gasteiger partial charge is 0.339 e. The number of alkyl halides is 3. The first-order valence-corrected chi connectivity index (χ1v) is 6.22. The highest BCUT2D eigenvalue weighted by molar-refractivity contribution is 9.10. The van der Waals surface area contributed by atoms with Crippen LogP contribution in [0.15, 0.2) is 41.0 Å². The van der Waals surface area contributed by atoms with Gasteiger partial charge in [0.05, 0.1) is 10.0 Å². The normalized spacial score (nSPS) is 11.4. The number of pyridine rings is 1. The van der Waals surface area contributed by atoms with Crippen molar-refractivity contribution >= 4 is 27.4 Å². The molecule has 1 aromatic carbocycles. The van der Waals surface area contributed by atoms with Crippen molar-refractivity contribution < 1.29 is 13.2 Å². The van der Waals surface area contributed by atoms with Gasteiger partial charge >= 0.3 is 6.18 Å². The molecule has 2 rings (SSSR count). The fourth-order valence-corrected chi connectivity index (χ4v) is 1.89. The molecule has 0 unspecified atom stereocenters. The summed E-state index contributed by atoms with van der Waals surface area (Å²) in [5.41, 5.74) is 0.410. The minimum Gasteiger partial charge on any atom is -0.339 e. The Morgan fingerprint density at radius 2 is 1.95 bits per heavy atom. The van der Waals surface area contributed by atoms with E-state index in [1.807, 2.05) is 0 Å². The third-order valence-electron chi connectivity index (χ3n) is 2.58. The van der Waals surface area contributed by atoms with Crippen molar-refractivity contribution in [2.45, 2.75) is 13.1 Å². The summed E-state index contributed by atoms with van der Waals surface area (Å²) in [5.74, 6) is 0.477. The Morgan fingerprint density at radius 3 is 2.58 bits per heavy atom. The molecule has 0 atom stereocenters. The fraction of sp³-hybridized carbons (Fsp3) is 0.154. The lowest BCUT2D eigenvalue weighted by molar-refractivity contribution is -0.137. The van der Waals surface area contributed by atoms with Gasteiger partial charge in [0.25, 0.3) is 0 Å². The molecule has 0 spiro atoms. The maximum atomic E-state index is 12.7. The van der Waals surface area contributed by atoms with Gasteiger partial charge < -0.3 is 5.32 Å². The average molecular weight is 331 g/mol. The third kappa shape index (κ3) is 3.26. The third-order valence-corrected chi connectivity index (χ3v) is 3.22. The second-order valence-corrected chi connectivity index (χ2v) is 4.84. The molecule has 100 valence electrons. The van der Waals surface area contributed by atoms with E-state index in [-0.39, 0.29) is 0 Å². The quantitative estimate of drug-likeness (QED) is 0.845. The van der Waals surface area contributed by atoms with Crippen LogP contribution in [-0.2, 0) is 6.18 Å². The maximum Gasteiger partial charge on any atom is 0.416 e. The lowest BCUT2D eigenvalue weighted by Crippen LogP contribution is -2.06. The van der Waals surface area contributed by atoms with Crippen molar-refractivity contribution in [3.8, 4) is 0 Å². The Labute approximate surface area is 116 Å². The minimum absolute atomic E-state index is 0.384. The molecule has 2 nitrogen and oxygen atoms in total. The van der Waals surface area contributed by atoms with Crippen LogP contribution in [0.4, 0.5) is 24.7 Å². The van der Waals surface area contributed by atoms with Crippen LogP contribution in [0.3, 0.4) is 0 Å². The number of benzene rings is 1. The number of anilines is 2. The maximum absolute atomic E-state index is 12.7. The molecule has 0 saturated carbocycles. The molecule has 0 bridgehead atoms. The van der Waals surface area contributed by atoms with E-state index in [0.29, 0.717) is 21.5 Å². The van der Waals surface area contributed by atoms with Crippen LogP contribution >= 0.6 is 15.9 Å². The zero-order chi connectivity index (χ0) is 14.0. The van der Waals surface area contributed by atoms with Crippen LogP contribution in [0.1, 0.15) is 11.1 Å². The van der Waals surface area contributed by atoms with Crippen molar-refractivity contribution in [1.29, 1.82) is 0 Å². The molecule has 0 amide bonds. The van der Waals surface area contributed by atoms with E-state index >= 15 is 0 Å². The zero-order valence-electron chi connectivity index (χ0n) is 9.92. The van der Waals surface area contributed by atoms with Crippen molar-refractivity contribution in [3.63, 3.8) is 0 Å². The number of nitrogens with one attached hydrogen (secondary N) is 1. The molecule has 2 aromatic rings. The number of aromatic nitrogens is 1. The molecule has 0 fully saturated rings.